The summed E-state index contributed by atoms with van der Waals surface area (Å²) in [6, 6.07) is 7.51. The number of aryl methyl sites for hydroxylation is 1. The lowest BCUT2D eigenvalue weighted by Gasteiger charge is -2.31. The van der Waals surface area contributed by atoms with Crippen molar-refractivity contribution in [1.82, 2.24) is 0 Å². The molecule has 0 radical (unpaired) electrons. The van der Waals surface area contributed by atoms with Gasteiger partial charge < -0.3 is 10.2 Å². The van der Waals surface area contributed by atoms with E-state index in [-0.39, 0.29) is 6.42 Å². The Hall–Kier alpha value is -1.84. The average molecular weight is 250 g/mol. The van der Waals surface area contributed by atoms with Crippen molar-refractivity contribution in [2.45, 2.75) is 32.6 Å². The number of hydrogen-bond donors (Lipinski definition) is 2. The summed E-state index contributed by atoms with van der Waals surface area (Å²) < 4.78 is 0. The number of carbonyl (C=O) groups is 2. The molecule has 1 aromatic rings. The maximum absolute atomic E-state index is 11.3. The van der Waals surface area contributed by atoms with E-state index >= 15 is 0 Å². The van der Waals surface area contributed by atoms with E-state index in [1.807, 2.05) is 31.2 Å². The molecule has 18 heavy (non-hydrogen) atoms. The zero-order valence-corrected chi connectivity index (χ0v) is 10.8. The third-order valence-corrected chi connectivity index (χ3v) is 3.34. The molecule has 0 aliphatic carbocycles. The van der Waals surface area contributed by atoms with Gasteiger partial charge in [-0.2, -0.15) is 0 Å². The normalized spacial score (nSPS) is 13.1. The van der Waals surface area contributed by atoms with Gasteiger partial charge in [-0.15, -0.1) is 0 Å². The number of hydrogen-bond acceptors (Lipinski definition) is 2. The summed E-state index contributed by atoms with van der Waals surface area (Å²) in [4.78, 5) is 22.0. The maximum Gasteiger partial charge on any atom is 0.307 e. The van der Waals surface area contributed by atoms with E-state index in [0.717, 1.165) is 11.1 Å². The highest BCUT2D eigenvalue weighted by Crippen LogP contribution is 2.34. The summed E-state index contributed by atoms with van der Waals surface area (Å²) in [6.07, 6.45) is -0.379. The van der Waals surface area contributed by atoms with Crippen molar-refractivity contribution in [3.63, 3.8) is 0 Å². The Balaban J connectivity index is 3.11. The minimum absolute atomic E-state index is 0.379. The Morgan fingerprint density at radius 1 is 1.17 bits per heavy atom. The van der Waals surface area contributed by atoms with Crippen molar-refractivity contribution in [2.75, 3.05) is 0 Å². The first-order valence-corrected chi connectivity index (χ1v) is 5.77. The monoisotopic (exact) mass is 250 g/mol. The summed E-state index contributed by atoms with van der Waals surface area (Å²) in [5, 5.41) is 18.0. The van der Waals surface area contributed by atoms with E-state index in [9.17, 15) is 14.7 Å². The predicted octanol–water partition coefficient (Wildman–Crippen LogP) is 2.45. The SMILES string of the molecule is Cc1ccc(C(C)(C)C(CC(=O)O)C(=O)O)cc1. The standard InChI is InChI=1S/C14H18O4/c1-9-4-6-10(7-5-9)14(2,3)11(13(17)18)8-12(15)16/h4-7,11H,8H2,1-3H3,(H,15,16)(H,17,18). The highest BCUT2D eigenvalue weighted by Gasteiger charge is 2.38. The number of carboxylic acid groups (broad SMARTS) is 2. The maximum atomic E-state index is 11.3. The molecule has 0 aliphatic rings. The second-order valence-electron chi connectivity index (χ2n) is 5.08. The van der Waals surface area contributed by atoms with Gasteiger partial charge in [0.15, 0.2) is 0 Å². The molecule has 0 saturated heterocycles. The molecule has 1 rings (SSSR count). The Kier molecular flexibility index (Phi) is 4.11. The van der Waals surface area contributed by atoms with Gasteiger partial charge in [-0.1, -0.05) is 43.7 Å². The van der Waals surface area contributed by atoms with E-state index < -0.39 is 23.3 Å². The summed E-state index contributed by atoms with van der Waals surface area (Å²) >= 11 is 0. The molecule has 1 unspecified atom stereocenters. The number of benzene rings is 1. The van der Waals surface area contributed by atoms with Crippen LogP contribution < -0.4 is 0 Å². The molecule has 0 fully saturated rings. The summed E-state index contributed by atoms with van der Waals surface area (Å²) in [5.41, 5.74) is 1.19. The van der Waals surface area contributed by atoms with Crippen LogP contribution in [0.5, 0.6) is 0 Å². The van der Waals surface area contributed by atoms with E-state index in [4.69, 9.17) is 5.11 Å². The second kappa shape index (κ2) is 5.21. The zero-order chi connectivity index (χ0) is 13.9. The molecule has 0 heterocycles. The van der Waals surface area contributed by atoms with Crippen LogP contribution in [0, 0.1) is 12.8 Å². The average Bonchev–Trinajstić information content (AvgIpc) is 2.25. The van der Waals surface area contributed by atoms with Gasteiger partial charge in [-0.25, -0.2) is 0 Å². The molecule has 1 aromatic carbocycles. The minimum Gasteiger partial charge on any atom is -0.481 e. The lowest BCUT2D eigenvalue weighted by molar-refractivity contribution is -0.150. The molecule has 0 amide bonds. The van der Waals surface area contributed by atoms with Gasteiger partial charge in [0, 0.05) is 5.41 Å². The Labute approximate surface area is 106 Å². The highest BCUT2D eigenvalue weighted by molar-refractivity contribution is 5.79. The van der Waals surface area contributed by atoms with Crippen molar-refractivity contribution in [2.24, 2.45) is 5.92 Å². The molecule has 0 saturated carbocycles. The van der Waals surface area contributed by atoms with Crippen molar-refractivity contribution in [3.05, 3.63) is 35.4 Å². The van der Waals surface area contributed by atoms with E-state index in [1.54, 1.807) is 13.8 Å². The fourth-order valence-electron chi connectivity index (χ4n) is 2.01. The third-order valence-electron chi connectivity index (χ3n) is 3.34. The van der Waals surface area contributed by atoms with Crippen LogP contribution in [0.1, 0.15) is 31.4 Å². The summed E-state index contributed by atoms with van der Waals surface area (Å²) in [7, 11) is 0. The van der Waals surface area contributed by atoms with E-state index in [2.05, 4.69) is 0 Å². The molecule has 0 aliphatic heterocycles. The summed E-state index contributed by atoms with van der Waals surface area (Å²) in [5.74, 6) is -3.12. The van der Waals surface area contributed by atoms with Crippen LogP contribution in [0.3, 0.4) is 0 Å². The fraction of sp³-hybridized carbons (Fsp3) is 0.429. The molecule has 4 nitrogen and oxygen atoms in total. The van der Waals surface area contributed by atoms with Gasteiger partial charge >= 0.3 is 11.9 Å². The van der Waals surface area contributed by atoms with Crippen LogP contribution in [-0.4, -0.2) is 22.2 Å². The van der Waals surface area contributed by atoms with Crippen molar-refractivity contribution >= 4 is 11.9 Å². The minimum atomic E-state index is -1.09. The fourth-order valence-corrected chi connectivity index (χ4v) is 2.01. The first kappa shape index (κ1) is 14.2. The molecule has 0 aromatic heterocycles. The van der Waals surface area contributed by atoms with Crippen molar-refractivity contribution < 1.29 is 19.8 Å². The number of rotatable bonds is 5. The molecule has 0 bridgehead atoms. The van der Waals surface area contributed by atoms with Gasteiger partial charge in [0.05, 0.1) is 12.3 Å². The first-order valence-electron chi connectivity index (χ1n) is 5.77. The van der Waals surface area contributed by atoms with E-state index in [1.165, 1.54) is 0 Å². The first-order chi connectivity index (χ1) is 8.25. The van der Waals surface area contributed by atoms with E-state index in [0.29, 0.717) is 0 Å². The molecule has 0 spiro atoms. The van der Waals surface area contributed by atoms with Crippen LogP contribution in [0.2, 0.25) is 0 Å². The van der Waals surface area contributed by atoms with Gasteiger partial charge in [0.2, 0.25) is 0 Å². The second-order valence-corrected chi connectivity index (χ2v) is 5.08. The molecule has 2 N–H and O–H groups in total. The number of carboxylic acids is 2. The Bertz CT molecular complexity index is 445. The molecular formula is C14H18O4. The van der Waals surface area contributed by atoms with Gasteiger partial charge in [0.1, 0.15) is 0 Å². The highest BCUT2D eigenvalue weighted by atomic mass is 16.4. The lowest BCUT2D eigenvalue weighted by Crippen LogP contribution is -2.36. The van der Waals surface area contributed by atoms with Crippen molar-refractivity contribution in [3.8, 4) is 0 Å². The predicted molar refractivity (Wildman–Crippen MR) is 67.6 cm³/mol. The Morgan fingerprint density at radius 3 is 2.06 bits per heavy atom. The smallest absolute Gasteiger partial charge is 0.307 e. The van der Waals surface area contributed by atoms with Gasteiger partial charge in [0.25, 0.3) is 0 Å². The molecular weight excluding hydrogens is 232 g/mol. The van der Waals surface area contributed by atoms with Crippen LogP contribution in [0.15, 0.2) is 24.3 Å². The topological polar surface area (TPSA) is 74.6 Å². The summed E-state index contributed by atoms with van der Waals surface area (Å²) in [6.45, 7) is 5.47. The number of aliphatic carboxylic acids is 2. The third kappa shape index (κ3) is 3.09. The van der Waals surface area contributed by atoms with Gasteiger partial charge in [-0.3, -0.25) is 9.59 Å². The largest absolute Gasteiger partial charge is 0.481 e. The molecule has 4 heteroatoms. The van der Waals surface area contributed by atoms with Crippen molar-refractivity contribution in [1.29, 1.82) is 0 Å². The van der Waals surface area contributed by atoms with Crippen LogP contribution >= 0.6 is 0 Å². The van der Waals surface area contributed by atoms with Crippen LogP contribution in [-0.2, 0) is 15.0 Å². The quantitative estimate of drug-likeness (QED) is 0.841. The molecule has 98 valence electrons. The molecule has 1 atom stereocenters. The van der Waals surface area contributed by atoms with Crippen LogP contribution in [0.25, 0.3) is 0 Å². The Morgan fingerprint density at radius 2 is 1.67 bits per heavy atom. The van der Waals surface area contributed by atoms with Gasteiger partial charge in [-0.05, 0) is 12.5 Å². The lowest BCUT2D eigenvalue weighted by atomic mass is 9.72. The van der Waals surface area contributed by atoms with Crippen LogP contribution in [0.4, 0.5) is 0 Å². The zero-order valence-electron chi connectivity index (χ0n) is 10.8.